The molecule has 0 aliphatic heterocycles. The van der Waals surface area contributed by atoms with Gasteiger partial charge in [-0.2, -0.15) is 0 Å². The quantitative estimate of drug-likeness (QED) is 0.604. The number of halogens is 2. The summed E-state index contributed by atoms with van der Waals surface area (Å²) >= 11 is 5.65. The summed E-state index contributed by atoms with van der Waals surface area (Å²) in [5.41, 5.74) is 2.05. The molecule has 1 rings (SSSR count). The van der Waals surface area contributed by atoms with Gasteiger partial charge in [0.25, 0.3) is 0 Å². The summed E-state index contributed by atoms with van der Waals surface area (Å²) in [7, 11) is 0. The van der Waals surface area contributed by atoms with E-state index in [2.05, 4.69) is 52.0 Å². The van der Waals surface area contributed by atoms with Crippen molar-refractivity contribution in [2.24, 2.45) is 0 Å². The topological polar surface area (TPSA) is 20.2 Å². The summed E-state index contributed by atoms with van der Waals surface area (Å²) in [5.74, 6) is 0. The van der Waals surface area contributed by atoms with Crippen LogP contribution in [0, 0.1) is 3.57 Å². The molecular formula is C12H14BrIO. The van der Waals surface area contributed by atoms with Crippen LogP contribution in [0.4, 0.5) is 0 Å². The first kappa shape index (κ1) is 13.2. The normalized spacial score (nSPS) is 12.5. The van der Waals surface area contributed by atoms with E-state index in [-0.39, 0.29) is 0 Å². The van der Waals surface area contributed by atoms with Gasteiger partial charge in [-0.3, -0.25) is 0 Å². The maximum atomic E-state index is 10.0. The zero-order valence-electron chi connectivity index (χ0n) is 8.63. The number of aliphatic hydroxyl groups is 1. The van der Waals surface area contributed by atoms with Crippen LogP contribution in [0.1, 0.15) is 31.4 Å². The Morgan fingerprint density at radius 3 is 2.87 bits per heavy atom. The molecule has 0 radical (unpaired) electrons. The van der Waals surface area contributed by atoms with Crippen molar-refractivity contribution in [1.82, 2.24) is 0 Å². The van der Waals surface area contributed by atoms with Crippen molar-refractivity contribution >= 4 is 38.5 Å². The van der Waals surface area contributed by atoms with Gasteiger partial charge in [0.15, 0.2) is 0 Å². The Bertz CT molecular complexity index is 363. The first-order valence-electron chi connectivity index (χ1n) is 4.84. The standard InChI is InChI=1S/C12H14BrIO/c1-3-8(2)6-12(15)10-7-9(13)4-5-11(10)14/h4-5,7,12,15H,2-3,6H2,1H3. The lowest BCUT2D eigenvalue weighted by molar-refractivity contribution is 0.176. The highest BCUT2D eigenvalue weighted by atomic mass is 127. The van der Waals surface area contributed by atoms with Gasteiger partial charge in [0.05, 0.1) is 6.10 Å². The molecule has 1 N–H and O–H groups in total. The molecule has 1 atom stereocenters. The van der Waals surface area contributed by atoms with E-state index >= 15 is 0 Å². The number of hydrogen-bond donors (Lipinski definition) is 1. The molecule has 0 amide bonds. The van der Waals surface area contributed by atoms with Crippen LogP contribution in [0.5, 0.6) is 0 Å². The Labute approximate surface area is 113 Å². The molecular weight excluding hydrogens is 367 g/mol. The van der Waals surface area contributed by atoms with Gasteiger partial charge in [-0.15, -0.1) is 0 Å². The van der Waals surface area contributed by atoms with Crippen LogP contribution in [0.15, 0.2) is 34.8 Å². The van der Waals surface area contributed by atoms with Gasteiger partial charge in [0, 0.05) is 8.04 Å². The monoisotopic (exact) mass is 380 g/mol. The number of hydrogen-bond acceptors (Lipinski definition) is 1. The van der Waals surface area contributed by atoms with Crippen molar-refractivity contribution in [3.63, 3.8) is 0 Å². The average molecular weight is 381 g/mol. The van der Waals surface area contributed by atoms with Crippen LogP contribution < -0.4 is 0 Å². The molecule has 1 nitrogen and oxygen atoms in total. The van der Waals surface area contributed by atoms with Crippen molar-refractivity contribution in [3.05, 3.63) is 44.0 Å². The van der Waals surface area contributed by atoms with Crippen LogP contribution in [-0.2, 0) is 0 Å². The van der Waals surface area contributed by atoms with E-state index in [0.717, 1.165) is 25.6 Å². The predicted octanol–water partition coefficient (Wildman–Crippen LogP) is 4.44. The van der Waals surface area contributed by atoms with E-state index in [1.54, 1.807) is 0 Å². The molecule has 1 aromatic carbocycles. The Morgan fingerprint density at radius 2 is 2.27 bits per heavy atom. The SMILES string of the molecule is C=C(CC)CC(O)c1cc(Br)ccc1I. The van der Waals surface area contributed by atoms with Crippen molar-refractivity contribution < 1.29 is 5.11 Å². The smallest absolute Gasteiger partial charge is 0.0837 e. The van der Waals surface area contributed by atoms with Crippen molar-refractivity contribution in [2.45, 2.75) is 25.9 Å². The highest BCUT2D eigenvalue weighted by Crippen LogP contribution is 2.28. The zero-order chi connectivity index (χ0) is 11.4. The first-order chi connectivity index (χ1) is 7.04. The molecule has 82 valence electrons. The summed E-state index contributed by atoms with van der Waals surface area (Å²) < 4.78 is 2.09. The summed E-state index contributed by atoms with van der Waals surface area (Å²) in [4.78, 5) is 0. The maximum Gasteiger partial charge on any atom is 0.0837 e. The van der Waals surface area contributed by atoms with E-state index in [1.165, 1.54) is 0 Å². The fourth-order valence-corrected chi connectivity index (χ4v) is 2.37. The highest BCUT2D eigenvalue weighted by Gasteiger charge is 2.12. The van der Waals surface area contributed by atoms with Gasteiger partial charge >= 0.3 is 0 Å². The van der Waals surface area contributed by atoms with Crippen LogP contribution in [0.2, 0.25) is 0 Å². The third-order valence-corrected chi connectivity index (χ3v) is 3.77. The molecule has 0 spiro atoms. The summed E-state index contributed by atoms with van der Waals surface area (Å²) in [6.07, 6.45) is 1.12. The molecule has 0 saturated heterocycles. The number of aliphatic hydroxyl groups excluding tert-OH is 1. The second kappa shape index (κ2) is 6.01. The molecule has 0 bridgehead atoms. The zero-order valence-corrected chi connectivity index (χ0v) is 12.4. The molecule has 1 aromatic rings. The Kier molecular flexibility index (Phi) is 5.29. The van der Waals surface area contributed by atoms with E-state index in [0.29, 0.717) is 6.42 Å². The van der Waals surface area contributed by atoms with Crippen molar-refractivity contribution in [1.29, 1.82) is 0 Å². The molecule has 15 heavy (non-hydrogen) atoms. The summed E-state index contributed by atoms with van der Waals surface area (Å²) in [6.45, 7) is 5.97. The minimum atomic E-state index is -0.443. The molecule has 0 fully saturated rings. The molecule has 0 aromatic heterocycles. The van der Waals surface area contributed by atoms with E-state index in [4.69, 9.17) is 0 Å². The molecule has 0 heterocycles. The lowest BCUT2D eigenvalue weighted by atomic mass is 10.0. The first-order valence-corrected chi connectivity index (χ1v) is 6.71. The van der Waals surface area contributed by atoms with E-state index in [9.17, 15) is 5.11 Å². The molecule has 0 aliphatic carbocycles. The number of benzene rings is 1. The maximum absolute atomic E-state index is 10.0. The fraction of sp³-hybridized carbons (Fsp3) is 0.333. The highest BCUT2D eigenvalue weighted by molar-refractivity contribution is 14.1. The average Bonchev–Trinajstić information content (AvgIpc) is 2.21. The largest absolute Gasteiger partial charge is 0.388 e. The van der Waals surface area contributed by atoms with Crippen molar-refractivity contribution in [2.75, 3.05) is 0 Å². The minimum Gasteiger partial charge on any atom is -0.388 e. The van der Waals surface area contributed by atoms with Crippen LogP contribution in [0.3, 0.4) is 0 Å². The van der Waals surface area contributed by atoms with Gasteiger partial charge in [-0.1, -0.05) is 35.0 Å². The summed E-state index contributed by atoms with van der Waals surface area (Å²) in [6, 6.07) is 5.94. The van der Waals surface area contributed by atoms with Crippen LogP contribution in [-0.4, -0.2) is 5.11 Å². The minimum absolute atomic E-state index is 0.443. The molecule has 0 saturated carbocycles. The third-order valence-electron chi connectivity index (χ3n) is 2.30. The Morgan fingerprint density at radius 1 is 1.60 bits per heavy atom. The van der Waals surface area contributed by atoms with Gasteiger partial charge in [0.1, 0.15) is 0 Å². The van der Waals surface area contributed by atoms with Crippen LogP contribution in [0.25, 0.3) is 0 Å². The second-order valence-electron chi connectivity index (χ2n) is 3.49. The van der Waals surface area contributed by atoms with Crippen molar-refractivity contribution in [3.8, 4) is 0 Å². The molecule has 0 aliphatic rings. The second-order valence-corrected chi connectivity index (χ2v) is 5.57. The predicted molar refractivity (Wildman–Crippen MR) is 75.9 cm³/mol. The Balaban J connectivity index is 2.85. The van der Waals surface area contributed by atoms with Gasteiger partial charge < -0.3 is 5.11 Å². The lowest BCUT2D eigenvalue weighted by Crippen LogP contribution is -2.01. The Hall–Kier alpha value is 0.130. The van der Waals surface area contributed by atoms with Crippen LogP contribution >= 0.6 is 38.5 Å². The third kappa shape index (κ3) is 3.89. The lowest BCUT2D eigenvalue weighted by Gasteiger charge is -2.14. The molecule has 3 heteroatoms. The number of rotatable bonds is 4. The van der Waals surface area contributed by atoms with Gasteiger partial charge in [-0.25, -0.2) is 0 Å². The summed E-state index contributed by atoms with van der Waals surface area (Å²) in [5, 5.41) is 10.0. The van der Waals surface area contributed by atoms with Gasteiger partial charge in [0.2, 0.25) is 0 Å². The molecule has 1 unspecified atom stereocenters. The van der Waals surface area contributed by atoms with E-state index < -0.39 is 6.10 Å². The fourth-order valence-electron chi connectivity index (χ4n) is 1.30. The van der Waals surface area contributed by atoms with E-state index in [1.807, 2.05) is 18.2 Å². The van der Waals surface area contributed by atoms with Gasteiger partial charge in [-0.05, 0) is 59.2 Å².